The van der Waals surface area contributed by atoms with Crippen LogP contribution >= 0.6 is 11.8 Å². The molecule has 0 saturated carbocycles. The number of carbonyl (C=O) groups excluding carboxylic acids is 1. The molecular formula is C16H22N4OS. The van der Waals surface area contributed by atoms with Crippen LogP contribution in [0.3, 0.4) is 0 Å². The summed E-state index contributed by atoms with van der Waals surface area (Å²) in [6.07, 6.45) is 2.73. The maximum absolute atomic E-state index is 13.0. The summed E-state index contributed by atoms with van der Waals surface area (Å²) in [4.78, 5) is 24.5. The molecule has 22 heavy (non-hydrogen) atoms. The second-order valence-corrected chi connectivity index (χ2v) is 7.13. The van der Waals surface area contributed by atoms with Crippen LogP contribution in [-0.2, 0) is 0 Å². The summed E-state index contributed by atoms with van der Waals surface area (Å²) in [5.74, 6) is 2.27. The molecule has 0 aliphatic carbocycles. The summed E-state index contributed by atoms with van der Waals surface area (Å²) in [6.45, 7) is 1.75. The Morgan fingerprint density at radius 2 is 2.36 bits per heavy atom. The summed E-state index contributed by atoms with van der Waals surface area (Å²) in [6, 6.07) is 5.98. The standard InChI is InChI=1S/C16H22N4OS/c1-19(2)9-13-10-22-7-3-6-20(13)16(21)12-4-5-14-15(8-12)18-11-17-14/h4-5,8,11,13H,3,6-7,9-10H2,1-2H3,(H,17,18). The van der Waals surface area contributed by atoms with E-state index < -0.39 is 0 Å². The molecule has 118 valence electrons. The molecule has 0 radical (unpaired) electrons. The monoisotopic (exact) mass is 318 g/mol. The van der Waals surface area contributed by atoms with E-state index in [9.17, 15) is 4.79 Å². The number of aromatic amines is 1. The van der Waals surface area contributed by atoms with E-state index in [1.54, 1.807) is 6.33 Å². The molecule has 5 nitrogen and oxygen atoms in total. The van der Waals surface area contributed by atoms with E-state index >= 15 is 0 Å². The van der Waals surface area contributed by atoms with Crippen molar-refractivity contribution in [2.24, 2.45) is 0 Å². The van der Waals surface area contributed by atoms with Gasteiger partial charge in [0.25, 0.3) is 5.91 Å². The number of H-pyrrole nitrogens is 1. The smallest absolute Gasteiger partial charge is 0.254 e. The number of carbonyl (C=O) groups is 1. The summed E-state index contributed by atoms with van der Waals surface area (Å²) in [5.41, 5.74) is 2.56. The predicted molar refractivity (Wildman–Crippen MR) is 91.4 cm³/mol. The van der Waals surface area contributed by atoms with Crippen LogP contribution in [0.5, 0.6) is 0 Å². The first-order valence-electron chi connectivity index (χ1n) is 7.62. The van der Waals surface area contributed by atoms with Gasteiger partial charge in [-0.1, -0.05) is 0 Å². The number of hydrogen-bond acceptors (Lipinski definition) is 4. The molecule has 1 aliphatic rings. The largest absolute Gasteiger partial charge is 0.345 e. The van der Waals surface area contributed by atoms with Crippen LogP contribution in [0.4, 0.5) is 0 Å². The lowest BCUT2D eigenvalue weighted by atomic mass is 10.1. The molecule has 1 aromatic carbocycles. The lowest BCUT2D eigenvalue weighted by Crippen LogP contribution is -2.46. The number of amides is 1. The minimum absolute atomic E-state index is 0.130. The molecule has 1 aromatic heterocycles. The number of likely N-dealkylation sites (N-methyl/N-ethyl adjacent to an activating group) is 1. The van der Waals surface area contributed by atoms with E-state index in [-0.39, 0.29) is 11.9 Å². The van der Waals surface area contributed by atoms with Crippen LogP contribution in [0.15, 0.2) is 24.5 Å². The van der Waals surface area contributed by atoms with Crippen LogP contribution in [0, 0.1) is 0 Å². The molecule has 1 aliphatic heterocycles. The summed E-state index contributed by atoms with van der Waals surface area (Å²) in [5, 5.41) is 0. The van der Waals surface area contributed by atoms with Crippen LogP contribution in [0.2, 0.25) is 0 Å². The van der Waals surface area contributed by atoms with Gasteiger partial charge in [-0.2, -0.15) is 11.8 Å². The molecule has 1 saturated heterocycles. The van der Waals surface area contributed by atoms with E-state index in [0.717, 1.165) is 47.6 Å². The lowest BCUT2D eigenvalue weighted by Gasteiger charge is -2.31. The molecular weight excluding hydrogens is 296 g/mol. The third kappa shape index (κ3) is 3.28. The van der Waals surface area contributed by atoms with Crippen molar-refractivity contribution in [3.63, 3.8) is 0 Å². The number of rotatable bonds is 3. The maximum atomic E-state index is 13.0. The maximum Gasteiger partial charge on any atom is 0.254 e. The molecule has 0 spiro atoms. The highest BCUT2D eigenvalue weighted by Gasteiger charge is 2.27. The van der Waals surface area contributed by atoms with Gasteiger partial charge in [-0.15, -0.1) is 0 Å². The normalized spacial score (nSPS) is 19.6. The quantitative estimate of drug-likeness (QED) is 0.941. The average molecular weight is 318 g/mol. The van der Waals surface area contributed by atoms with E-state index in [4.69, 9.17) is 0 Å². The van der Waals surface area contributed by atoms with Gasteiger partial charge in [-0.05, 0) is 44.5 Å². The zero-order chi connectivity index (χ0) is 15.5. The van der Waals surface area contributed by atoms with Crippen molar-refractivity contribution in [2.75, 3.05) is 38.7 Å². The zero-order valence-corrected chi connectivity index (χ0v) is 13.9. The predicted octanol–water partition coefficient (Wildman–Crippen LogP) is 2.07. The second-order valence-electron chi connectivity index (χ2n) is 5.98. The highest BCUT2D eigenvalue weighted by atomic mass is 32.2. The third-order valence-electron chi connectivity index (χ3n) is 3.94. The van der Waals surface area contributed by atoms with Gasteiger partial charge in [0.05, 0.1) is 23.4 Å². The van der Waals surface area contributed by atoms with Crippen molar-refractivity contribution >= 4 is 28.7 Å². The van der Waals surface area contributed by atoms with Crippen molar-refractivity contribution in [1.29, 1.82) is 0 Å². The summed E-state index contributed by atoms with van der Waals surface area (Å²) >= 11 is 1.95. The van der Waals surface area contributed by atoms with Crippen LogP contribution < -0.4 is 0 Å². The van der Waals surface area contributed by atoms with Crippen molar-refractivity contribution in [1.82, 2.24) is 19.8 Å². The fraction of sp³-hybridized carbons (Fsp3) is 0.500. The molecule has 1 unspecified atom stereocenters. The van der Waals surface area contributed by atoms with E-state index in [0.29, 0.717) is 0 Å². The summed E-state index contributed by atoms with van der Waals surface area (Å²) in [7, 11) is 4.13. The number of nitrogens with one attached hydrogen (secondary N) is 1. The topological polar surface area (TPSA) is 52.2 Å². The van der Waals surface area contributed by atoms with E-state index in [1.807, 2.05) is 30.0 Å². The third-order valence-corrected chi connectivity index (χ3v) is 5.14. The molecule has 1 fully saturated rings. The van der Waals surface area contributed by atoms with Crippen molar-refractivity contribution < 1.29 is 4.79 Å². The number of imidazole rings is 1. The number of nitrogens with zero attached hydrogens (tertiary/aromatic N) is 3. The first-order valence-corrected chi connectivity index (χ1v) is 8.77. The fourth-order valence-electron chi connectivity index (χ4n) is 2.90. The van der Waals surface area contributed by atoms with Gasteiger partial charge in [0.1, 0.15) is 0 Å². The van der Waals surface area contributed by atoms with Gasteiger partial charge in [0.2, 0.25) is 0 Å². The van der Waals surface area contributed by atoms with Crippen molar-refractivity contribution in [3.8, 4) is 0 Å². The number of benzene rings is 1. The lowest BCUT2D eigenvalue weighted by molar-refractivity contribution is 0.0676. The Kier molecular flexibility index (Phi) is 4.69. The fourth-order valence-corrected chi connectivity index (χ4v) is 3.96. The van der Waals surface area contributed by atoms with Crippen LogP contribution in [0.1, 0.15) is 16.8 Å². The SMILES string of the molecule is CN(C)CC1CSCCCN1C(=O)c1ccc2nc[nH]c2c1. The first kappa shape index (κ1) is 15.4. The van der Waals surface area contributed by atoms with Gasteiger partial charge in [0.15, 0.2) is 0 Å². The van der Waals surface area contributed by atoms with Crippen LogP contribution in [0.25, 0.3) is 11.0 Å². The van der Waals surface area contributed by atoms with E-state index in [1.165, 1.54) is 0 Å². The van der Waals surface area contributed by atoms with Crippen LogP contribution in [-0.4, -0.2) is 70.4 Å². The van der Waals surface area contributed by atoms with Gasteiger partial charge in [0, 0.05) is 24.4 Å². The Labute approximate surface area is 135 Å². The minimum atomic E-state index is 0.130. The Morgan fingerprint density at radius 3 is 3.18 bits per heavy atom. The van der Waals surface area contributed by atoms with Gasteiger partial charge < -0.3 is 14.8 Å². The first-order chi connectivity index (χ1) is 10.6. The zero-order valence-electron chi connectivity index (χ0n) is 13.1. The van der Waals surface area contributed by atoms with Gasteiger partial charge >= 0.3 is 0 Å². The second kappa shape index (κ2) is 6.71. The number of thioether (sulfide) groups is 1. The Balaban J connectivity index is 1.86. The van der Waals surface area contributed by atoms with Gasteiger partial charge in [-0.3, -0.25) is 4.79 Å². The van der Waals surface area contributed by atoms with E-state index in [2.05, 4.69) is 33.9 Å². The molecule has 1 atom stereocenters. The molecule has 2 heterocycles. The molecule has 1 amide bonds. The molecule has 2 aromatic rings. The van der Waals surface area contributed by atoms with Gasteiger partial charge in [-0.25, -0.2) is 4.98 Å². The Hall–Kier alpha value is -1.53. The summed E-state index contributed by atoms with van der Waals surface area (Å²) < 4.78 is 0. The molecule has 3 rings (SSSR count). The number of aromatic nitrogens is 2. The Bertz CT molecular complexity index is 654. The highest BCUT2D eigenvalue weighted by molar-refractivity contribution is 7.99. The minimum Gasteiger partial charge on any atom is -0.345 e. The Morgan fingerprint density at radius 1 is 1.50 bits per heavy atom. The van der Waals surface area contributed by atoms with Crippen molar-refractivity contribution in [2.45, 2.75) is 12.5 Å². The molecule has 0 bridgehead atoms. The molecule has 1 N–H and O–H groups in total. The number of fused-ring (bicyclic) bond motifs is 1. The number of hydrogen-bond donors (Lipinski definition) is 1. The average Bonchev–Trinajstić information content (AvgIpc) is 2.85. The molecule has 6 heteroatoms. The van der Waals surface area contributed by atoms with Crippen molar-refractivity contribution in [3.05, 3.63) is 30.1 Å². The highest BCUT2D eigenvalue weighted by Crippen LogP contribution is 2.21.